The van der Waals surface area contributed by atoms with Gasteiger partial charge in [-0.15, -0.1) is 5.10 Å². The molecule has 0 aromatic carbocycles. The van der Waals surface area contributed by atoms with Crippen molar-refractivity contribution in [2.75, 3.05) is 6.61 Å². The summed E-state index contributed by atoms with van der Waals surface area (Å²) in [6, 6.07) is -0.478. The van der Waals surface area contributed by atoms with Crippen molar-refractivity contribution >= 4 is 11.8 Å². The van der Waals surface area contributed by atoms with E-state index in [1.807, 2.05) is 20.8 Å². The van der Waals surface area contributed by atoms with Gasteiger partial charge in [0, 0.05) is 25.7 Å². The minimum Gasteiger partial charge on any atom is -0.465 e. The molecule has 1 fully saturated rings. The number of carbonyl (C=O) groups excluding carboxylic acids is 2. The van der Waals surface area contributed by atoms with Crippen LogP contribution in [0.15, 0.2) is 6.20 Å². The van der Waals surface area contributed by atoms with Gasteiger partial charge in [0.1, 0.15) is 11.6 Å². The van der Waals surface area contributed by atoms with E-state index in [-0.39, 0.29) is 17.7 Å². The second-order valence-electron chi connectivity index (χ2n) is 6.03. The highest BCUT2D eigenvalue weighted by molar-refractivity contribution is 6.00. The number of piperidine rings is 1. The van der Waals surface area contributed by atoms with E-state index in [1.54, 1.807) is 17.9 Å². The standard InChI is InChI=1S/C14H22N4O3/c1-8(2)7-21-14(20)12-11(19)5-9(3)15-13(12)10-6-18(4)17-16-10/h6,8-9,12-13,15H,5,7H2,1-4H3. The molecule has 2 rings (SSSR count). The van der Waals surface area contributed by atoms with E-state index >= 15 is 0 Å². The average molecular weight is 294 g/mol. The van der Waals surface area contributed by atoms with Gasteiger partial charge >= 0.3 is 5.97 Å². The predicted molar refractivity (Wildman–Crippen MR) is 75.3 cm³/mol. The first-order valence-corrected chi connectivity index (χ1v) is 7.20. The highest BCUT2D eigenvalue weighted by atomic mass is 16.5. The quantitative estimate of drug-likeness (QED) is 0.647. The van der Waals surface area contributed by atoms with Gasteiger partial charge in [-0.2, -0.15) is 0 Å². The second-order valence-corrected chi connectivity index (χ2v) is 6.03. The minimum atomic E-state index is -0.850. The third kappa shape index (κ3) is 3.66. The Kier molecular flexibility index (Phi) is 4.72. The summed E-state index contributed by atoms with van der Waals surface area (Å²) in [7, 11) is 1.75. The summed E-state index contributed by atoms with van der Waals surface area (Å²) in [4.78, 5) is 24.6. The van der Waals surface area contributed by atoms with Crippen molar-refractivity contribution in [3.8, 4) is 0 Å². The third-order valence-electron chi connectivity index (χ3n) is 3.40. The number of hydrogen-bond acceptors (Lipinski definition) is 6. The number of rotatable bonds is 4. The van der Waals surface area contributed by atoms with Crippen molar-refractivity contribution < 1.29 is 14.3 Å². The predicted octanol–water partition coefficient (Wildman–Crippen LogP) is 0.622. The monoisotopic (exact) mass is 294 g/mol. The Morgan fingerprint density at radius 1 is 1.57 bits per heavy atom. The smallest absolute Gasteiger partial charge is 0.318 e. The number of carbonyl (C=O) groups is 2. The number of nitrogens with zero attached hydrogens (tertiary/aromatic N) is 3. The average Bonchev–Trinajstić information content (AvgIpc) is 2.81. The van der Waals surface area contributed by atoms with Gasteiger partial charge in [0.05, 0.1) is 12.6 Å². The van der Waals surface area contributed by atoms with Crippen LogP contribution in [0.2, 0.25) is 0 Å². The maximum atomic E-state index is 12.3. The van der Waals surface area contributed by atoms with E-state index in [0.717, 1.165) is 0 Å². The Morgan fingerprint density at radius 3 is 2.86 bits per heavy atom. The molecule has 0 bridgehead atoms. The van der Waals surface area contributed by atoms with Crippen molar-refractivity contribution in [2.24, 2.45) is 18.9 Å². The van der Waals surface area contributed by atoms with E-state index in [2.05, 4.69) is 15.6 Å². The molecule has 1 aliphatic rings. The molecule has 21 heavy (non-hydrogen) atoms. The number of aromatic nitrogens is 3. The number of hydrogen-bond donors (Lipinski definition) is 1. The number of ether oxygens (including phenoxy) is 1. The van der Waals surface area contributed by atoms with Gasteiger partial charge in [0.2, 0.25) is 0 Å². The van der Waals surface area contributed by atoms with Gasteiger partial charge in [-0.05, 0) is 12.8 Å². The van der Waals surface area contributed by atoms with Crippen molar-refractivity contribution in [1.82, 2.24) is 20.3 Å². The van der Waals surface area contributed by atoms with Gasteiger partial charge in [0.15, 0.2) is 5.78 Å². The summed E-state index contributed by atoms with van der Waals surface area (Å²) in [6.07, 6.45) is 2.03. The van der Waals surface area contributed by atoms with Crippen LogP contribution in [0.25, 0.3) is 0 Å². The summed E-state index contributed by atoms with van der Waals surface area (Å²) in [5.74, 6) is -1.21. The van der Waals surface area contributed by atoms with Gasteiger partial charge in [0.25, 0.3) is 0 Å². The van der Waals surface area contributed by atoms with Crippen LogP contribution >= 0.6 is 0 Å². The molecule has 116 valence electrons. The maximum absolute atomic E-state index is 12.3. The van der Waals surface area contributed by atoms with Crippen LogP contribution in [-0.4, -0.2) is 39.4 Å². The van der Waals surface area contributed by atoms with Crippen LogP contribution in [0, 0.1) is 11.8 Å². The lowest BCUT2D eigenvalue weighted by Crippen LogP contribution is -2.49. The van der Waals surface area contributed by atoms with Crippen molar-refractivity contribution in [2.45, 2.75) is 39.3 Å². The minimum absolute atomic E-state index is 0.00125. The zero-order valence-electron chi connectivity index (χ0n) is 12.9. The highest BCUT2D eigenvalue weighted by Crippen LogP contribution is 2.29. The summed E-state index contributed by atoms with van der Waals surface area (Å²) >= 11 is 0. The first-order valence-electron chi connectivity index (χ1n) is 7.20. The van der Waals surface area contributed by atoms with E-state index < -0.39 is 17.9 Å². The van der Waals surface area contributed by atoms with Crippen molar-refractivity contribution in [3.63, 3.8) is 0 Å². The molecule has 0 spiro atoms. The lowest BCUT2D eigenvalue weighted by atomic mass is 9.85. The molecular weight excluding hydrogens is 272 g/mol. The Balaban J connectivity index is 2.20. The zero-order valence-corrected chi connectivity index (χ0v) is 12.9. The molecular formula is C14H22N4O3. The van der Waals surface area contributed by atoms with Gasteiger partial charge in [-0.3, -0.25) is 14.3 Å². The largest absolute Gasteiger partial charge is 0.465 e. The van der Waals surface area contributed by atoms with Gasteiger partial charge in [-0.25, -0.2) is 0 Å². The number of esters is 1. The molecule has 1 aromatic heterocycles. The highest BCUT2D eigenvalue weighted by Gasteiger charge is 2.42. The molecule has 0 amide bonds. The Hall–Kier alpha value is -1.76. The molecule has 7 heteroatoms. The Morgan fingerprint density at radius 2 is 2.29 bits per heavy atom. The molecule has 3 atom stereocenters. The van der Waals surface area contributed by atoms with E-state index in [1.165, 1.54) is 0 Å². The fourth-order valence-electron chi connectivity index (χ4n) is 2.45. The number of nitrogens with one attached hydrogen (secondary N) is 1. The molecule has 1 aliphatic heterocycles. The van der Waals surface area contributed by atoms with Gasteiger partial charge < -0.3 is 10.1 Å². The first-order chi connectivity index (χ1) is 9.88. The van der Waals surface area contributed by atoms with Crippen LogP contribution in [0.3, 0.4) is 0 Å². The topological polar surface area (TPSA) is 86.1 Å². The molecule has 7 nitrogen and oxygen atoms in total. The normalized spacial score (nSPS) is 26.1. The maximum Gasteiger partial charge on any atom is 0.318 e. The van der Waals surface area contributed by atoms with Crippen LogP contribution in [-0.2, 0) is 21.4 Å². The number of Topliss-reactive ketones (excluding diaryl/α,β-unsaturated/α-hetero) is 1. The number of ketones is 1. The molecule has 0 radical (unpaired) electrons. The van der Waals surface area contributed by atoms with Crippen LogP contribution in [0.1, 0.15) is 38.9 Å². The summed E-state index contributed by atoms with van der Waals surface area (Å²) in [5, 5.41) is 11.2. The van der Waals surface area contributed by atoms with Crippen molar-refractivity contribution in [3.05, 3.63) is 11.9 Å². The lowest BCUT2D eigenvalue weighted by Gasteiger charge is -2.32. The SMILES string of the molecule is CC(C)COC(=O)C1C(=O)CC(C)NC1c1cn(C)nn1. The fraction of sp³-hybridized carbons (Fsp3) is 0.714. The number of aryl methyl sites for hydroxylation is 1. The Labute approximate surface area is 124 Å². The van der Waals surface area contributed by atoms with Crippen molar-refractivity contribution in [1.29, 1.82) is 0 Å². The first kappa shape index (κ1) is 15.6. The fourth-order valence-corrected chi connectivity index (χ4v) is 2.45. The zero-order chi connectivity index (χ0) is 15.6. The van der Waals surface area contributed by atoms with Crippen LogP contribution in [0.5, 0.6) is 0 Å². The second kappa shape index (κ2) is 6.34. The lowest BCUT2D eigenvalue weighted by molar-refractivity contribution is -0.155. The molecule has 3 unspecified atom stereocenters. The van der Waals surface area contributed by atoms with Gasteiger partial charge in [-0.1, -0.05) is 19.1 Å². The van der Waals surface area contributed by atoms with E-state index in [0.29, 0.717) is 18.7 Å². The molecule has 2 heterocycles. The summed E-state index contributed by atoms with van der Waals surface area (Å²) in [6.45, 7) is 6.13. The Bertz CT molecular complexity index is 526. The van der Waals surface area contributed by atoms with E-state index in [4.69, 9.17) is 4.74 Å². The third-order valence-corrected chi connectivity index (χ3v) is 3.40. The summed E-state index contributed by atoms with van der Waals surface area (Å²) < 4.78 is 6.81. The summed E-state index contributed by atoms with van der Waals surface area (Å²) in [5.41, 5.74) is 0.587. The molecule has 1 aromatic rings. The van der Waals surface area contributed by atoms with Crippen LogP contribution < -0.4 is 5.32 Å². The molecule has 0 saturated carbocycles. The van der Waals surface area contributed by atoms with E-state index in [9.17, 15) is 9.59 Å². The molecule has 1 N–H and O–H groups in total. The molecule has 0 aliphatic carbocycles. The molecule has 1 saturated heterocycles. The van der Waals surface area contributed by atoms with Crippen LogP contribution in [0.4, 0.5) is 0 Å².